The first-order chi connectivity index (χ1) is 27.4. The molecule has 7 rings (SSSR count). The number of benzene rings is 2. The highest BCUT2D eigenvalue weighted by atomic mass is 16.7. The fourth-order valence-corrected chi connectivity index (χ4v) is 9.19. The molecule has 0 bridgehead atoms. The first kappa shape index (κ1) is 39.7. The highest BCUT2D eigenvalue weighted by molar-refractivity contribution is 6.03. The molecule has 0 unspecified atom stereocenters. The number of allylic oxidation sites excluding steroid dienone is 1. The Balaban J connectivity index is 1.38. The molecule has 1 amide bonds. The van der Waals surface area contributed by atoms with Crippen molar-refractivity contribution >= 4 is 11.6 Å². The lowest BCUT2D eigenvalue weighted by atomic mass is 9.55. The van der Waals surface area contributed by atoms with E-state index < -0.39 is 11.8 Å². The average molecular weight is 764 g/mol. The van der Waals surface area contributed by atoms with Crippen LogP contribution in [0.15, 0.2) is 96.2 Å². The largest absolute Gasteiger partial charge is 0.487 e. The van der Waals surface area contributed by atoms with Gasteiger partial charge in [0.25, 0.3) is 0 Å². The number of unbranched alkanes of at least 4 members (excludes halogenated alkanes) is 2. The molecule has 6 atom stereocenters. The molecule has 2 aromatic carbocycles. The van der Waals surface area contributed by atoms with E-state index in [-0.39, 0.29) is 55.3 Å². The molecule has 0 saturated heterocycles. The minimum atomic E-state index is -1.26. The Labute approximate surface area is 331 Å². The van der Waals surface area contributed by atoms with Crippen molar-refractivity contribution in [2.45, 2.75) is 95.7 Å². The van der Waals surface area contributed by atoms with Gasteiger partial charge in [0.1, 0.15) is 30.8 Å². The van der Waals surface area contributed by atoms with Crippen molar-refractivity contribution in [3.05, 3.63) is 114 Å². The lowest BCUT2D eigenvalue weighted by Crippen LogP contribution is -2.69. The van der Waals surface area contributed by atoms with E-state index >= 15 is 0 Å². The summed E-state index contributed by atoms with van der Waals surface area (Å²) >= 11 is 0. The zero-order chi connectivity index (χ0) is 39.1. The lowest BCUT2D eigenvalue weighted by Gasteiger charge is -2.59. The number of hydrogen-bond donors (Lipinski definition) is 2. The summed E-state index contributed by atoms with van der Waals surface area (Å²) in [6.07, 6.45) is 11.1. The Bertz CT molecular complexity index is 1880. The number of ether oxygens (including phenoxy) is 3. The SMILES string of the molecule is C=CCO[C@@]12Oc3ccc(OCc4cccc(C)n4)cc3[C@H]3[C@H](CCCCO)[C@@H](CCCCO)C=C(C(=NOCc4ccccc4)C[C@@H]1N(C)C(=O)C1CC1)[C@H]32. The summed E-state index contributed by atoms with van der Waals surface area (Å²) in [7, 11) is 1.88. The number of pyridine rings is 1. The van der Waals surface area contributed by atoms with Gasteiger partial charge in [-0.2, -0.15) is 0 Å². The van der Waals surface area contributed by atoms with E-state index in [1.165, 1.54) is 0 Å². The number of oxime groups is 1. The molecule has 298 valence electrons. The molecule has 2 fully saturated rings. The van der Waals surface area contributed by atoms with E-state index in [0.29, 0.717) is 44.0 Å². The number of aliphatic hydroxyl groups excluding tert-OH is 2. The highest BCUT2D eigenvalue weighted by Crippen LogP contribution is 2.62. The predicted octanol–water partition coefficient (Wildman–Crippen LogP) is 7.67. The second-order valence-electron chi connectivity index (χ2n) is 15.8. The first-order valence-electron chi connectivity index (χ1n) is 20.4. The van der Waals surface area contributed by atoms with Gasteiger partial charge in [0.2, 0.25) is 11.7 Å². The van der Waals surface area contributed by atoms with Crippen molar-refractivity contribution in [1.29, 1.82) is 0 Å². The molecule has 0 spiro atoms. The Morgan fingerprint density at radius 2 is 1.80 bits per heavy atom. The third kappa shape index (κ3) is 8.58. The molecule has 0 radical (unpaired) electrons. The van der Waals surface area contributed by atoms with Crippen LogP contribution in [-0.4, -0.2) is 70.4 Å². The third-order valence-corrected chi connectivity index (χ3v) is 12.0. The number of aliphatic hydroxyl groups is 2. The number of amides is 1. The van der Waals surface area contributed by atoms with Gasteiger partial charge >= 0.3 is 0 Å². The standard InChI is InChI=1S/C46H57N3O7/c1-4-25-54-46-42(49(3)45(52)33-19-20-33)28-40(48-55-29-32-14-6-5-7-15-32)38-26-34(16-8-10-23-50)37(18-9-11-24-51)43(44(38)46)39-27-36(21-22-41(39)56-46)53-30-35-17-12-13-31(2)47-35/h4-7,12-15,17,21-22,26-27,33-34,37,42-44,50-51H,1,8-11,16,18-20,23-25,28-30H2,2-3H3/t34-,37+,42-,43+,44+,46+/m0/s1. The number of nitrogens with zero attached hydrogens (tertiary/aromatic N) is 3. The van der Waals surface area contributed by atoms with Crippen LogP contribution in [0.5, 0.6) is 11.5 Å². The summed E-state index contributed by atoms with van der Waals surface area (Å²) in [5.41, 5.74) is 5.63. The second kappa shape index (κ2) is 18.2. The van der Waals surface area contributed by atoms with Crippen LogP contribution in [0.1, 0.15) is 86.2 Å². The van der Waals surface area contributed by atoms with Gasteiger partial charge in [0, 0.05) is 49.8 Å². The summed E-state index contributed by atoms with van der Waals surface area (Å²) in [6.45, 7) is 7.11. The Morgan fingerprint density at radius 3 is 2.54 bits per heavy atom. The van der Waals surface area contributed by atoms with Crippen molar-refractivity contribution < 1.29 is 34.1 Å². The van der Waals surface area contributed by atoms with Crippen molar-refractivity contribution in [2.75, 3.05) is 26.9 Å². The predicted molar refractivity (Wildman–Crippen MR) is 215 cm³/mol. The zero-order valence-corrected chi connectivity index (χ0v) is 32.9. The van der Waals surface area contributed by atoms with Crippen LogP contribution >= 0.6 is 0 Å². The van der Waals surface area contributed by atoms with Crippen LogP contribution < -0.4 is 9.47 Å². The van der Waals surface area contributed by atoms with Crippen LogP contribution in [0.4, 0.5) is 0 Å². The maximum atomic E-state index is 14.0. The number of fused-ring (bicyclic) bond motifs is 2. The van der Waals surface area contributed by atoms with Gasteiger partial charge in [-0.1, -0.05) is 66.5 Å². The minimum Gasteiger partial charge on any atom is -0.487 e. The fraction of sp³-hybridized carbons (Fsp3) is 0.500. The van der Waals surface area contributed by atoms with Gasteiger partial charge in [-0.25, -0.2) is 0 Å². The van der Waals surface area contributed by atoms with Gasteiger partial charge in [-0.15, -0.1) is 6.58 Å². The number of rotatable bonds is 19. The molecule has 10 heteroatoms. The molecule has 3 aliphatic carbocycles. The maximum Gasteiger partial charge on any atom is 0.239 e. The van der Waals surface area contributed by atoms with Gasteiger partial charge in [-0.05, 0) is 98.8 Å². The van der Waals surface area contributed by atoms with E-state index in [1.54, 1.807) is 6.08 Å². The molecule has 10 nitrogen and oxygen atoms in total. The summed E-state index contributed by atoms with van der Waals surface area (Å²) < 4.78 is 20.7. The summed E-state index contributed by atoms with van der Waals surface area (Å²) in [6, 6.07) is 21.4. The Hall–Kier alpha value is -4.51. The van der Waals surface area contributed by atoms with Gasteiger partial charge in [0.05, 0.1) is 23.9 Å². The molecular formula is C46H57N3O7. The second-order valence-corrected chi connectivity index (χ2v) is 15.8. The topological polar surface area (TPSA) is 123 Å². The molecular weight excluding hydrogens is 707 g/mol. The number of likely N-dealkylation sites (N-methyl/N-ethyl adjacent to an activating group) is 1. The van der Waals surface area contributed by atoms with E-state index in [2.05, 4.69) is 23.7 Å². The van der Waals surface area contributed by atoms with Crippen molar-refractivity contribution in [3.63, 3.8) is 0 Å². The number of aromatic nitrogens is 1. The van der Waals surface area contributed by atoms with E-state index in [4.69, 9.17) is 24.2 Å². The van der Waals surface area contributed by atoms with Crippen LogP contribution in [0.2, 0.25) is 0 Å². The zero-order valence-electron chi connectivity index (χ0n) is 32.9. The van der Waals surface area contributed by atoms with E-state index in [1.807, 2.05) is 79.5 Å². The van der Waals surface area contributed by atoms with E-state index in [9.17, 15) is 15.0 Å². The molecule has 1 aliphatic heterocycles. The van der Waals surface area contributed by atoms with Crippen molar-refractivity contribution in [1.82, 2.24) is 9.88 Å². The van der Waals surface area contributed by atoms with Crippen LogP contribution in [0, 0.1) is 30.6 Å². The van der Waals surface area contributed by atoms with Crippen molar-refractivity contribution in [2.24, 2.45) is 28.8 Å². The molecule has 1 aromatic heterocycles. The monoisotopic (exact) mass is 763 g/mol. The van der Waals surface area contributed by atoms with Gasteiger partial charge in [0.15, 0.2) is 0 Å². The highest BCUT2D eigenvalue weighted by Gasteiger charge is 2.65. The normalized spacial score (nSPS) is 25.7. The number of hydrogen-bond acceptors (Lipinski definition) is 9. The quantitative estimate of drug-likeness (QED) is 0.0725. The summed E-state index contributed by atoms with van der Waals surface area (Å²) in [5.74, 6) is 0.0413. The Kier molecular flexibility index (Phi) is 12.9. The molecule has 4 aliphatic rings. The number of aryl methyl sites for hydroxylation is 1. The van der Waals surface area contributed by atoms with Crippen molar-refractivity contribution in [3.8, 4) is 11.5 Å². The van der Waals surface area contributed by atoms with Gasteiger partial charge < -0.3 is 34.2 Å². The lowest BCUT2D eigenvalue weighted by molar-refractivity contribution is -0.255. The van der Waals surface area contributed by atoms with Crippen LogP contribution in [-0.2, 0) is 27.6 Å². The van der Waals surface area contributed by atoms with Crippen LogP contribution in [0.25, 0.3) is 0 Å². The smallest absolute Gasteiger partial charge is 0.239 e. The summed E-state index contributed by atoms with van der Waals surface area (Å²) in [4.78, 5) is 26.7. The molecule has 2 heterocycles. The Morgan fingerprint density at radius 1 is 1.02 bits per heavy atom. The number of carbonyl (C=O) groups is 1. The molecule has 3 aromatic rings. The first-order valence-corrected chi connectivity index (χ1v) is 20.4. The third-order valence-electron chi connectivity index (χ3n) is 12.0. The molecule has 2 saturated carbocycles. The van der Waals surface area contributed by atoms with E-state index in [0.717, 1.165) is 72.3 Å². The van der Waals surface area contributed by atoms with Gasteiger partial charge in [-0.3, -0.25) is 9.78 Å². The fourth-order valence-electron chi connectivity index (χ4n) is 9.19. The average Bonchev–Trinajstić information content (AvgIpc) is 4.07. The molecule has 56 heavy (non-hydrogen) atoms. The number of carbonyl (C=O) groups excluding carboxylic acids is 1. The molecule has 2 N–H and O–H groups in total. The summed E-state index contributed by atoms with van der Waals surface area (Å²) in [5, 5.41) is 24.6. The maximum absolute atomic E-state index is 14.0. The van der Waals surface area contributed by atoms with Crippen LogP contribution in [0.3, 0.4) is 0 Å². The minimum absolute atomic E-state index is 0.00845.